The van der Waals surface area contributed by atoms with E-state index in [0.717, 1.165) is 36.1 Å². The Bertz CT molecular complexity index is 813. The molecule has 3 rings (SSSR count). The number of rotatable bonds is 5. The number of carbonyl (C=O) groups is 1. The summed E-state index contributed by atoms with van der Waals surface area (Å²) in [6, 6.07) is 5.92. The third kappa shape index (κ3) is 4.25. The van der Waals surface area contributed by atoms with Crippen molar-refractivity contribution in [2.75, 3.05) is 18.4 Å². The molecule has 1 aliphatic heterocycles. The summed E-state index contributed by atoms with van der Waals surface area (Å²) in [5.41, 5.74) is 0.726. The van der Waals surface area contributed by atoms with E-state index in [4.69, 9.17) is 0 Å². The number of aryl methyl sites for hydroxylation is 1. The van der Waals surface area contributed by atoms with Crippen molar-refractivity contribution in [3.8, 4) is 0 Å². The fraction of sp³-hybridized carbons (Fsp3) is 0.444. The van der Waals surface area contributed by atoms with E-state index >= 15 is 0 Å². The maximum atomic E-state index is 12.4. The number of anilines is 1. The van der Waals surface area contributed by atoms with Crippen molar-refractivity contribution < 1.29 is 9.72 Å². The summed E-state index contributed by atoms with van der Waals surface area (Å²) >= 11 is 1.44. The van der Waals surface area contributed by atoms with Crippen LogP contribution in [0.15, 0.2) is 24.3 Å². The molecule has 7 nitrogen and oxygen atoms in total. The summed E-state index contributed by atoms with van der Waals surface area (Å²) in [7, 11) is 0. The molecule has 138 valence electrons. The number of hydrogen-bond acceptors (Lipinski definition) is 6. The normalized spacial score (nSPS) is 15.8. The quantitative estimate of drug-likeness (QED) is 0.634. The monoisotopic (exact) mass is 374 g/mol. The summed E-state index contributed by atoms with van der Waals surface area (Å²) in [6.45, 7) is 7.20. The fourth-order valence-corrected chi connectivity index (χ4v) is 4.04. The van der Waals surface area contributed by atoms with E-state index in [-0.39, 0.29) is 11.3 Å². The molecule has 26 heavy (non-hydrogen) atoms. The SMILES string of the molecule is Cc1nc(NC(=O)c2ccccc2[N+](=O)[O-])sc1CN1CCC(C)CC1. The third-order valence-corrected chi connectivity index (χ3v) is 5.76. The van der Waals surface area contributed by atoms with Crippen molar-refractivity contribution in [3.05, 3.63) is 50.5 Å². The smallest absolute Gasteiger partial charge is 0.282 e. The third-order valence-electron chi connectivity index (χ3n) is 4.70. The van der Waals surface area contributed by atoms with Crippen molar-refractivity contribution in [1.82, 2.24) is 9.88 Å². The molecular formula is C18H22N4O3S. The van der Waals surface area contributed by atoms with Gasteiger partial charge in [0, 0.05) is 17.5 Å². The van der Waals surface area contributed by atoms with Gasteiger partial charge in [0.1, 0.15) is 5.56 Å². The summed E-state index contributed by atoms with van der Waals surface area (Å²) in [5, 5.41) is 14.3. The van der Waals surface area contributed by atoms with Crippen LogP contribution in [0.25, 0.3) is 0 Å². The van der Waals surface area contributed by atoms with Gasteiger partial charge in [-0.3, -0.25) is 25.1 Å². The van der Waals surface area contributed by atoms with Crippen LogP contribution in [0.2, 0.25) is 0 Å². The van der Waals surface area contributed by atoms with Gasteiger partial charge in [-0.05, 0) is 44.8 Å². The lowest BCUT2D eigenvalue weighted by molar-refractivity contribution is -0.385. The minimum atomic E-state index is -0.551. The van der Waals surface area contributed by atoms with E-state index in [1.807, 2.05) is 6.92 Å². The van der Waals surface area contributed by atoms with Gasteiger partial charge in [0.15, 0.2) is 5.13 Å². The number of nitrogens with zero attached hydrogens (tertiary/aromatic N) is 3. The van der Waals surface area contributed by atoms with Crippen LogP contribution in [-0.4, -0.2) is 33.8 Å². The minimum absolute atomic E-state index is 0.0388. The van der Waals surface area contributed by atoms with Gasteiger partial charge in [0.2, 0.25) is 0 Å². The molecule has 2 heterocycles. The average molecular weight is 374 g/mol. The molecule has 8 heteroatoms. The second-order valence-corrected chi connectivity index (χ2v) is 7.80. The molecule has 0 saturated carbocycles. The first-order valence-electron chi connectivity index (χ1n) is 8.67. The van der Waals surface area contributed by atoms with Crippen molar-refractivity contribution in [2.24, 2.45) is 5.92 Å². The highest BCUT2D eigenvalue weighted by molar-refractivity contribution is 7.15. The first kappa shape index (κ1) is 18.5. The second kappa shape index (κ2) is 7.92. The molecule has 0 bridgehead atoms. The van der Waals surface area contributed by atoms with Gasteiger partial charge >= 0.3 is 0 Å². The predicted octanol–water partition coefficient (Wildman–Crippen LogP) is 3.84. The molecule has 1 fully saturated rings. The highest BCUT2D eigenvalue weighted by atomic mass is 32.1. The Labute approximate surface area is 156 Å². The van der Waals surface area contributed by atoms with Gasteiger partial charge in [-0.2, -0.15) is 0 Å². The van der Waals surface area contributed by atoms with Crippen molar-refractivity contribution >= 4 is 28.1 Å². The molecule has 0 atom stereocenters. The lowest BCUT2D eigenvalue weighted by atomic mass is 9.99. The number of nitro benzene ring substituents is 1. The average Bonchev–Trinajstić information content (AvgIpc) is 2.96. The van der Waals surface area contributed by atoms with Crippen LogP contribution in [0, 0.1) is 23.0 Å². The van der Waals surface area contributed by atoms with Crippen LogP contribution in [0.5, 0.6) is 0 Å². The van der Waals surface area contributed by atoms with E-state index in [1.165, 1.54) is 36.3 Å². The highest BCUT2D eigenvalue weighted by Gasteiger charge is 2.22. The van der Waals surface area contributed by atoms with E-state index < -0.39 is 10.8 Å². The van der Waals surface area contributed by atoms with Crippen molar-refractivity contribution in [1.29, 1.82) is 0 Å². The molecule has 0 spiro atoms. The summed E-state index contributed by atoms with van der Waals surface area (Å²) in [5.74, 6) is 0.273. The number of nitro groups is 1. The van der Waals surface area contributed by atoms with Gasteiger partial charge < -0.3 is 0 Å². The molecular weight excluding hydrogens is 352 g/mol. The van der Waals surface area contributed by atoms with Crippen LogP contribution in [0.3, 0.4) is 0 Å². The number of likely N-dealkylation sites (tertiary alicyclic amines) is 1. The molecule has 1 aliphatic rings. The molecule has 1 aromatic carbocycles. The Morgan fingerprint density at radius 2 is 2.08 bits per heavy atom. The number of amides is 1. The number of thiazole rings is 1. The standard InChI is InChI=1S/C18H22N4O3S/c1-12-7-9-21(10-8-12)11-16-13(2)19-18(26-16)20-17(23)14-5-3-4-6-15(14)22(24)25/h3-6,12H,7-11H2,1-2H3,(H,19,20,23). The number of carbonyl (C=O) groups excluding carboxylic acids is 1. The van der Waals surface area contributed by atoms with Crippen LogP contribution in [0.4, 0.5) is 10.8 Å². The maximum Gasteiger partial charge on any atom is 0.282 e. The Morgan fingerprint density at radius 1 is 1.38 bits per heavy atom. The van der Waals surface area contributed by atoms with Crippen LogP contribution < -0.4 is 5.32 Å². The lowest BCUT2D eigenvalue weighted by Crippen LogP contribution is -2.32. The Morgan fingerprint density at radius 3 is 2.77 bits per heavy atom. The summed E-state index contributed by atoms with van der Waals surface area (Å²) < 4.78 is 0. The molecule has 1 amide bonds. The zero-order valence-electron chi connectivity index (χ0n) is 14.9. The molecule has 1 saturated heterocycles. The van der Waals surface area contributed by atoms with Gasteiger partial charge in [-0.15, -0.1) is 11.3 Å². The lowest BCUT2D eigenvalue weighted by Gasteiger charge is -2.29. The van der Waals surface area contributed by atoms with E-state index in [1.54, 1.807) is 12.1 Å². The first-order chi connectivity index (χ1) is 12.4. The predicted molar refractivity (Wildman–Crippen MR) is 102 cm³/mol. The Kier molecular flexibility index (Phi) is 5.63. The van der Waals surface area contributed by atoms with Gasteiger partial charge in [-0.1, -0.05) is 19.1 Å². The van der Waals surface area contributed by atoms with E-state index in [2.05, 4.69) is 22.1 Å². The molecule has 2 aromatic rings. The van der Waals surface area contributed by atoms with Gasteiger partial charge in [0.05, 0.1) is 10.6 Å². The largest absolute Gasteiger partial charge is 0.298 e. The maximum absolute atomic E-state index is 12.4. The van der Waals surface area contributed by atoms with E-state index in [0.29, 0.717) is 5.13 Å². The number of nitrogens with one attached hydrogen (secondary N) is 1. The molecule has 0 radical (unpaired) electrons. The van der Waals surface area contributed by atoms with Gasteiger partial charge in [0.25, 0.3) is 11.6 Å². The molecule has 0 aliphatic carbocycles. The zero-order chi connectivity index (χ0) is 18.7. The van der Waals surface area contributed by atoms with Crippen LogP contribution in [-0.2, 0) is 6.54 Å². The summed E-state index contributed by atoms with van der Waals surface area (Å²) in [6.07, 6.45) is 2.41. The minimum Gasteiger partial charge on any atom is -0.298 e. The zero-order valence-corrected chi connectivity index (χ0v) is 15.7. The number of aromatic nitrogens is 1. The number of hydrogen-bond donors (Lipinski definition) is 1. The Hall–Kier alpha value is -2.32. The fourth-order valence-electron chi connectivity index (χ4n) is 3.04. The number of benzene rings is 1. The van der Waals surface area contributed by atoms with Gasteiger partial charge in [-0.25, -0.2) is 4.98 Å². The Balaban J connectivity index is 1.69. The molecule has 1 N–H and O–H groups in total. The second-order valence-electron chi connectivity index (χ2n) is 6.71. The number of para-hydroxylation sites is 1. The first-order valence-corrected chi connectivity index (χ1v) is 9.49. The highest BCUT2D eigenvalue weighted by Crippen LogP contribution is 2.27. The summed E-state index contributed by atoms with van der Waals surface area (Å²) in [4.78, 5) is 30.9. The number of piperidine rings is 1. The van der Waals surface area contributed by atoms with Crippen LogP contribution in [0.1, 0.15) is 40.7 Å². The van der Waals surface area contributed by atoms with E-state index in [9.17, 15) is 14.9 Å². The van der Waals surface area contributed by atoms with Crippen molar-refractivity contribution in [2.45, 2.75) is 33.2 Å². The molecule has 0 unspecified atom stereocenters. The van der Waals surface area contributed by atoms with Crippen molar-refractivity contribution in [3.63, 3.8) is 0 Å². The topological polar surface area (TPSA) is 88.4 Å². The molecule has 1 aromatic heterocycles. The van der Waals surface area contributed by atoms with Crippen LogP contribution >= 0.6 is 11.3 Å².